The molecule has 2 aromatic heterocycles. The van der Waals surface area contributed by atoms with E-state index in [1.807, 2.05) is 6.07 Å². The summed E-state index contributed by atoms with van der Waals surface area (Å²) in [7, 11) is -3.38. The minimum atomic E-state index is -3.38. The van der Waals surface area contributed by atoms with Crippen LogP contribution in [-0.4, -0.2) is 13.4 Å². The van der Waals surface area contributed by atoms with Gasteiger partial charge in [0.2, 0.25) is 0 Å². The summed E-state index contributed by atoms with van der Waals surface area (Å²) in [6, 6.07) is 8.37. The van der Waals surface area contributed by atoms with Crippen molar-refractivity contribution in [1.82, 2.24) is 4.98 Å². The number of nitriles is 1. The first-order valence-electron chi connectivity index (χ1n) is 4.74. The molecule has 0 unspecified atom stereocenters. The van der Waals surface area contributed by atoms with E-state index < -0.39 is 9.84 Å². The summed E-state index contributed by atoms with van der Waals surface area (Å²) in [6.07, 6.45) is 1.47. The van der Waals surface area contributed by atoms with Crippen LogP contribution in [0.2, 0.25) is 0 Å². The van der Waals surface area contributed by atoms with Gasteiger partial charge in [-0.3, -0.25) is 0 Å². The van der Waals surface area contributed by atoms with Crippen LogP contribution in [0, 0.1) is 11.3 Å². The molecule has 2 rings (SSSR count). The molecule has 0 saturated heterocycles. The van der Waals surface area contributed by atoms with E-state index in [0.29, 0.717) is 9.77 Å². The highest BCUT2D eigenvalue weighted by Crippen LogP contribution is 2.21. The Kier molecular flexibility index (Phi) is 3.22. The SMILES string of the molecule is N#Cc1ncccc1CS(=O)(=O)c1cccs1. The van der Waals surface area contributed by atoms with Crippen LogP contribution in [0.4, 0.5) is 0 Å². The van der Waals surface area contributed by atoms with Crippen molar-refractivity contribution < 1.29 is 8.42 Å². The fourth-order valence-electron chi connectivity index (χ4n) is 1.37. The molecule has 0 radical (unpaired) electrons. The molecule has 4 nitrogen and oxygen atoms in total. The second-order valence-corrected chi connectivity index (χ2v) is 6.48. The lowest BCUT2D eigenvalue weighted by molar-refractivity contribution is 0.597. The van der Waals surface area contributed by atoms with Gasteiger partial charge in [-0.05, 0) is 17.5 Å². The summed E-state index contributed by atoms with van der Waals surface area (Å²) in [5.41, 5.74) is 0.594. The molecule has 0 bridgehead atoms. The Morgan fingerprint density at radius 2 is 2.18 bits per heavy atom. The number of sulfone groups is 1. The van der Waals surface area contributed by atoms with Crippen LogP contribution in [0.25, 0.3) is 0 Å². The average molecular weight is 264 g/mol. The largest absolute Gasteiger partial charge is 0.245 e. The van der Waals surface area contributed by atoms with Crippen LogP contribution in [-0.2, 0) is 15.6 Å². The Hall–Kier alpha value is -1.71. The molecule has 0 aliphatic rings. The predicted molar refractivity (Wildman–Crippen MR) is 64.2 cm³/mol. The second-order valence-electron chi connectivity index (χ2n) is 3.31. The van der Waals surface area contributed by atoms with Crippen LogP contribution in [0.5, 0.6) is 0 Å². The van der Waals surface area contributed by atoms with E-state index in [1.165, 1.54) is 17.5 Å². The maximum atomic E-state index is 12.0. The van der Waals surface area contributed by atoms with Gasteiger partial charge in [0.25, 0.3) is 0 Å². The molecule has 0 aliphatic carbocycles. The highest BCUT2D eigenvalue weighted by molar-refractivity contribution is 7.92. The van der Waals surface area contributed by atoms with Crippen molar-refractivity contribution in [1.29, 1.82) is 5.26 Å². The Morgan fingerprint density at radius 1 is 1.35 bits per heavy atom. The number of pyridine rings is 1. The highest BCUT2D eigenvalue weighted by Gasteiger charge is 2.18. The zero-order valence-electron chi connectivity index (χ0n) is 8.70. The van der Waals surface area contributed by atoms with E-state index in [2.05, 4.69) is 4.98 Å². The van der Waals surface area contributed by atoms with Gasteiger partial charge in [0, 0.05) is 11.8 Å². The van der Waals surface area contributed by atoms with E-state index in [1.54, 1.807) is 29.6 Å². The Bertz CT molecular complexity index is 655. The van der Waals surface area contributed by atoms with Crippen molar-refractivity contribution in [3.8, 4) is 6.07 Å². The average Bonchev–Trinajstić information content (AvgIpc) is 2.83. The van der Waals surface area contributed by atoms with Gasteiger partial charge in [0.05, 0.1) is 5.75 Å². The van der Waals surface area contributed by atoms with E-state index in [9.17, 15) is 8.42 Å². The van der Waals surface area contributed by atoms with Crippen molar-refractivity contribution in [2.75, 3.05) is 0 Å². The van der Waals surface area contributed by atoms with Crippen molar-refractivity contribution >= 4 is 21.2 Å². The van der Waals surface area contributed by atoms with Crippen LogP contribution >= 0.6 is 11.3 Å². The van der Waals surface area contributed by atoms with Gasteiger partial charge in [0.15, 0.2) is 9.84 Å². The molecular weight excluding hydrogens is 256 g/mol. The van der Waals surface area contributed by atoms with Gasteiger partial charge in [0.1, 0.15) is 16.0 Å². The number of thiophene rings is 1. The lowest BCUT2D eigenvalue weighted by Crippen LogP contribution is -2.05. The molecule has 0 aromatic carbocycles. The second kappa shape index (κ2) is 4.65. The van der Waals surface area contributed by atoms with E-state index in [0.717, 1.165) is 0 Å². The Balaban J connectivity index is 2.37. The van der Waals surface area contributed by atoms with Crippen LogP contribution in [0.1, 0.15) is 11.3 Å². The third kappa shape index (κ3) is 2.52. The maximum Gasteiger partial charge on any atom is 0.191 e. The van der Waals surface area contributed by atoms with E-state index in [4.69, 9.17) is 5.26 Å². The van der Waals surface area contributed by atoms with Crippen LogP contribution in [0.15, 0.2) is 40.1 Å². The third-order valence-electron chi connectivity index (χ3n) is 2.14. The van der Waals surface area contributed by atoms with Gasteiger partial charge >= 0.3 is 0 Å². The first-order chi connectivity index (χ1) is 8.13. The molecule has 0 aliphatic heterocycles. The Morgan fingerprint density at radius 3 is 2.82 bits per heavy atom. The Labute approximate surface area is 103 Å². The lowest BCUT2D eigenvalue weighted by Gasteiger charge is -2.03. The van der Waals surface area contributed by atoms with Gasteiger partial charge < -0.3 is 0 Å². The first-order valence-corrected chi connectivity index (χ1v) is 7.27. The van der Waals surface area contributed by atoms with E-state index in [-0.39, 0.29) is 11.4 Å². The van der Waals surface area contributed by atoms with Crippen molar-refractivity contribution in [2.45, 2.75) is 9.96 Å². The fraction of sp³-hybridized carbons (Fsp3) is 0.0909. The van der Waals surface area contributed by atoms with Crippen molar-refractivity contribution in [3.05, 3.63) is 47.1 Å². The predicted octanol–water partition coefficient (Wildman–Crippen LogP) is 1.99. The molecule has 17 heavy (non-hydrogen) atoms. The number of rotatable bonds is 3. The monoisotopic (exact) mass is 264 g/mol. The first kappa shape index (κ1) is 11.8. The lowest BCUT2D eigenvalue weighted by atomic mass is 10.2. The molecule has 86 valence electrons. The smallest absolute Gasteiger partial charge is 0.191 e. The number of nitrogens with zero attached hydrogens (tertiary/aromatic N) is 2. The summed E-state index contributed by atoms with van der Waals surface area (Å²) in [5.74, 6) is -0.190. The molecule has 0 spiro atoms. The minimum absolute atomic E-state index is 0.160. The summed E-state index contributed by atoms with van der Waals surface area (Å²) in [5, 5.41) is 10.6. The summed E-state index contributed by atoms with van der Waals surface area (Å²) in [4.78, 5) is 3.84. The molecule has 0 fully saturated rings. The molecule has 0 saturated carbocycles. The van der Waals surface area contributed by atoms with Crippen molar-refractivity contribution in [2.24, 2.45) is 0 Å². The number of aromatic nitrogens is 1. The zero-order chi connectivity index (χ0) is 12.3. The summed E-state index contributed by atoms with van der Waals surface area (Å²) < 4.78 is 24.3. The minimum Gasteiger partial charge on any atom is -0.245 e. The fourth-order valence-corrected chi connectivity index (χ4v) is 3.82. The topological polar surface area (TPSA) is 70.8 Å². The quantitative estimate of drug-likeness (QED) is 0.850. The summed E-state index contributed by atoms with van der Waals surface area (Å²) >= 11 is 1.17. The molecule has 0 atom stereocenters. The van der Waals surface area contributed by atoms with Gasteiger partial charge in [-0.1, -0.05) is 12.1 Å². The summed E-state index contributed by atoms with van der Waals surface area (Å²) in [6.45, 7) is 0. The number of hydrogen-bond acceptors (Lipinski definition) is 5. The zero-order valence-corrected chi connectivity index (χ0v) is 10.3. The van der Waals surface area contributed by atoms with Gasteiger partial charge in [-0.25, -0.2) is 13.4 Å². The molecule has 2 aromatic rings. The van der Waals surface area contributed by atoms with Gasteiger partial charge in [-0.15, -0.1) is 11.3 Å². The van der Waals surface area contributed by atoms with E-state index >= 15 is 0 Å². The maximum absolute atomic E-state index is 12.0. The highest BCUT2D eigenvalue weighted by atomic mass is 32.2. The number of hydrogen-bond donors (Lipinski definition) is 0. The van der Waals surface area contributed by atoms with Crippen LogP contribution < -0.4 is 0 Å². The molecule has 2 heterocycles. The third-order valence-corrected chi connectivity index (χ3v) is 5.30. The van der Waals surface area contributed by atoms with Crippen LogP contribution in [0.3, 0.4) is 0 Å². The molecule has 0 N–H and O–H groups in total. The normalized spacial score (nSPS) is 11.0. The van der Waals surface area contributed by atoms with Gasteiger partial charge in [-0.2, -0.15) is 5.26 Å². The molecular formula is C11H8N2O2S2. The molecule has 0 amide bonds. The van der Waals surface area contributed by atoms with Crippen molar-refractivity contribution in [3.63, 3.8) is 0 Å². The standard InChI is InChI=1S/C11H8N2O2S2/c12-7-10-9(3-1-5-13-10)8-17(14,15)11-4-2-6-16-11/h1-6H,8H2. The molecule has 6 heteroatoms.